The van der Waals surface area contributed by atoms with Gasteiger partial charge >= 0.3 is 0 Å². The number of hydrogen-bond donors (Lipinski definition) is 0. The quantitative estimate of drug-likeness (QED) is 0.609. The molecule has 1 aromatic rings. The van der Waals surface area contributed by atoms with Crippen molar-refractivity contribution in [1.82, 2.24) is 9.55 Å². The number of nitrogens with zero attached hydrogens (tertiary/aromatic N) is 2. The van der Waals surface area contributed by atoms with Crippen molar-refractivity contribution in [1.29, 1.82) is 0 Å². The zero-order chi connectivity index (χ0) is 9.47. The molecule has 3 nitrogen and oxygen atoms in total. The Balaban J connectivity index is 2.18. The van der Waals surface area contributed by atoms with E-state index in [2.05, 4.69) is 30.3 Å². The van der Waals surface area contributed by atoms with Crippen LogP contribution in [0, 0.1) is 5.41 Å². The SMILES string of the molecule is CC(C)(C)C1Cn2cncc2CO1. The maximum atomic E-state index is 5.77. The molecule has 1 aromatic heterocycles. The fraction of sp³-hybridized carbons (Fsp3) is 0.700. The summed E-state index contributed by atoms with van der Waals surface area (Å²) in [5.74, 6) is 0. The molecule has 0 fully saturated rings. The second-order valence-electron chi connectivity index (χ2n) is 4.70. The molecule has 3 heteroatoms. The molecule has 1 aliphatic rings. The maximum absolute atomic E-state index is 5.77. The van der Waals surface area contributed by atoms with Crippen LogP contribution in [0.5, 0.6) is 0 Å². The lowest BCUT2D eigenvalue weighted by atomic mass is 9.88. The first-order valence-corrected chi connectivity index (χ1v) is 4.68. The van der Waals surface area contributed by atoms with Gasteiger partial charge in [0.05, 0.1) is 37.5 Å². The van der Waals surface area contributed by atoms with Gasteiger partial charge in [-0.25, -0.2) is 4.98 Å². The van der Waals surface area contributed by atoms with Crippen LogP contribution in [0.4, 0.5) is 0 Å². The Labute approximate surface area is 78.7 Å². The van der Waals surface area contributed by atoms with Gasteiger partial charge in [0.15, 0.2) is 0 Å². The van der Waals surface area contributed by atoms with E-state index in [1.165, 1.54) is 5.69 Å². The molecule has 13 heavy (non-hydrogen) atoms. The van der Waals surface area contributed by atoms with E-state index >= 15 is 0 Å². The lowest BCUT2D eigenvalue weighted by Crippen LogP contribution is -2.37. The van der Waals surface area contributed by atoms with Crippen molar-refractivity contribution in [3.05, 3.63) is 18.2 Å². The highest BCUT2D eigenvalue weighted by molar-refractivity contribution is 5.00. The van der Waals surface area contributed by atoms with Crippen LogP contribution in [0.25, 0.3) is 0 Å². The third kappa shape index (κ3) is 1.61. The van der Waals surface area contributed by atoms with Crippen LogP contribution >= 0.6 is 0 Å². The summed E-state index contributed by atoms with van der Waals surface area (Å²) >= 11 is 0. The van der Waals surface area contributed by atoms with Gasteiger partial charge < -0.3 is 9.30 Å². The third-order valence-corrected chi connectivity index (χ3v) is 2.56. The van der Waals surface area contributed by atoms with Crippen molar-refractivity contribution in [2.75, 3.05) is 0 Å². The van der Waals surface area contributed by atoms with Crippen LogP contribution in [0.3, 0.4) is 0 Å². The number of aromatic nitrogens is 2. The first kappa shape index (κ1) is 8.75. The highest BCUT2D eigenvalue weighted by Gasteiger charge is 2.29. The summed E-state index contributed by atoms with van der Waals surface area (Å²) in [4.78, 5) is 4.10. The van der Waals surface area contributed by atoms with E-state index in [1.807, 2.05) is 12.5 Å². The molecule has 0 saturated heterocycles. The average Bonchev–Trinajstić information content (AvgIpc) is 2.47. The van der Waals surface area contributed by atoms with Crippen LogP contribution in [-0.4, -0.2) is 15.7 Å². The van der Waals surface area contributed by atoms with Gasteiger partial charge in [-0.3, -0.25) is 0 Å². The zero-order valence-corrected chi connectivity index (χ0v) is 8.45. The van der Waals surface area contributed by atoms with Crippen molar-refractivity contribution < 1.29 is 4.74 Å². The van der Waals surface area contributed by atoms with Crippen LogP contribution in [0.15, 0.2) is 12.5 Å². The Kier molecular flexibility index (Phi) is 1.91. The predicted molar refractivity (Wildman–Crippen MR) is 50.3 cm³/mol. The zero-order valence-electron chi connectivity index (χ0n) is 8.45. The average molecular weight is 180 g/mol. The summed E-state index contributed by atoms with van der Waals surface area (Å²) in [6.45, 7) is 8.25. The largest absolute Gasteiger partial charge is 0.370 e. The number of imidazole rings is 1. The highest BCUT2D eigenvalue weighted by atomic mass is 16.5. The van der Waals surface area contributed by atoms with E-state index in [-0.39, 0.29) is 5.41 Å². The lowest BCUT2D eigenvalue weighted by molar-refractivity contribution is -0.0575. The summed E-state index contributed by atoms with van der Waals surface area (Å²) in [5, 5.41) is 0. The Morgan fingerprint density at radius 1 is 1.54 bits per heavy atom. The smallest absolute Gasteiger partial charge is 0.0949 e. The second-order valence-corrected chi connectivity index (χ2v) is 4.70. The Bertz CT molecular complexity index is 298. The van der Waals surface area contributed by atoms with Gasteiger partial charge in [0.2, 0.25) is 0 Å². The molecule has 0 amide bonds. The van der Waals surface area contributed by atoms with Crippen LogP contribution in [0.1, 0.15) is 26.5 Å². The van der Waals surface area contributed by atoms with Crippen molar-refractivity contribution in [2.24, 2.45) is 5.41 Å². The molecule has 0 spiro atoms. The molecular weight excluding hydrogens is 164 g/mol. The van der Waals surface area contributed by atoms with Gasteiger partial charge in [-0.2, -0.15) is 0 Å². The lowest BCUT2D eigenvalue weighted by Gasteiger charge is -2.34. The van der Waals surface area contributed by atoms with E-state index in [4.69, 9.17) is 4.74 Å². The van der Waals surface area contributed by atoms with Crippen molar-refractivity contribution in [2.45, 2.75) is 40.0 Å². The summed E-state index contributed by atoms with van der Waals surface area (Å²) in [5.41, 5.74) is 1.39. The van der Waals surface area contributed by atoms with E-state index < -0.39 is 0 Å². The van der Waals surface area contributed by atoms with Gasteiger partial charge in [-0.05, 0) is 5.41 Å². The van der Waals surface area contributed by atoms with Gasteiger partial charge in [0, 0.05) is 0 Å². The van der Waals surface area contributed by atoms with E-state index in [0.29, 0.717) is 12.7 Å². The molecule has 0 radical (unpaired) electrons. The second kappa shape index (κ2) is 2.84. The van der Waals surface area contributed by atoms with Crippen LogP contribution < -0.4 is 0 Å². The van der Waals surface area contributed by atoms with E-state index in [1.54, 1.807) is 0 Å². The fourth-order valence-corrected chi connectivity index (χ4v) is 1.57. The molecule has 2 heterocycles. The number of hydrogen-bond acceptors (Lipinski definition) is 2. The molecule has 0 aliphatic carbocycles. The molecule has 1 atom stereocenters. The topological polar surface area (TPSA) is 27.1 Å². The van der Waals surface area contributed by atoms with Crippen molar-refractivity contribution in [3.63, 3.8) is 0 Å². The number of fused-ring (bicyclic) bond motifs is 1. The van der Waals surface area contributed by atoms with E-state index in [0.717, 1.165) is 6.54 Å². The number of rotatable bonds is 0. The fourth-order valence-electron chi connectivity index (χ4n) is 1.57. The van der Waals surface area contributed by atoms with Gasteiger partial charge in [-0.1, -0.05) is 20.8 Å². The van der Waals surface area contributed by atoms with Crippen LogP contribution in [-0.2, 0) is 17.9 Å². The summed E-state index contributed by atoms with van der Waals surface area (Å²) in [6.07, 6.45) is 4.06. The highest BCUT2D eigenvalue weighted by Crippen LogP contribution is 2.27. The monoisotopic (exact) mass is 180 g/mol. The van der Waals surface area contributed by atoms with Crippen molar-refractivity contribution >= 4 is 0 Å². The summed E-state index contributed by atoms with van der Waals surface area (Å²) in [7, 11) is 0. The molecule has 0 aromatic carbocycles. The van der Waals surface area contributed by atoms with Gasteiger partial charge in [0.25, 0.3) is 0 Å². The molecular formula is C10H16N2O. The van der Waals surface area contributed by atoms with E-state index in [9.17, 15) is 0 Å². The minimum atomic E-state index is 0.210. The first-order chi connectivity index (χ1) is 6.07. The summed E-state index contributed by atoms with van der Waals surface area (Å²) < 4.78 is 7.95. The molecule has 1 unspecified atom stereocenters. The summed E-state index contributed by atoms with van der Waals surface area (Å²) in [6, 6.07) is 0. The van der Waals surface area contributed by atoms with Crippen LogP contribution in [0.2, 0.25) is 0 Å². The minimum Gasteiger partial charge on any atom is -0.370 e. The Morgan fingerprint density at radius 3 is 3.00 bits per heavy atom. The standard InChI is InChI=1S/C10H16N2O/c1-10(2,3)9-5-12-7-11-4-8(12)6-13-9/h4,7,9H,5-6H2,1-3H3. The predicted octanol–water partition coefficient (Wildman–Crippen LogP) is 1.83. The van der Waals surface area contributed by atoms with Gasteiger partial charge in [0.1, 0.15) is 0 Å². The third-order valence-electron chi connectivity index (χ3n) is 2.56. The molecule has 72 valence electrons. The normalized spacial score (nSPS) is 22.8. The Morgan fingerprint density at radius 2 is 2.31 bits per heavy atom. The number of ether oxygens (including phenoxy) is 1. The molecule has 0 saturated carbocycles. The molecule has 0 N–H and O–H groups in total. The Hall–Kier alpha value is -0.830. The molecule has 2 rings (SSSR count). The maximum Gasteiger partial charge on any atom is 0.0949 e. The van der Waals surface area contributed by atoms with Gasteiger partial charge in [-0.15, -0.1) is 0 Å². The van der Waals surface area contributed by atoms with Crippen molar-refractivity contribution in [3.8, 4) is 0 Å². The minimum absolute atomic E-state index is 0.210. The molecule has 0 bridgehead atoms. The first-order valence-electron chi connectivity index (χ1n) is 4.68. The molecule has 1 aliphatic heterocycles.